The summed E-state index contributed by atoms with van der Waals surface area (Å²) in [4.78, 5) is 4.33. The third kappa shape index (κ3) is 2.88. The second kappa shape index (κ2) is 5.59. The largest absolute Gasteiger partial charge is 0.454 e. The number of hydrogen-bond donors (Lipinski definition) is 1. The van der Waals surface area contributed by atoms with E-state index in [0.717, 1.165) is 24.6 Å². The third-order valence-electron chi connectivity index (χ3n) is 3.09. The molecule has 1 N–H and O–H groups in total. The lowest BCUT2D eigenvalue weighted by Crippen LogP contribution is -2.19. The summed E-state index contributed by atoms with van der Waals surface area (Å²) in [5.74, 6) is 2.11. The van der Waals surface area contributed by atoms with Gasteiger partial charge in [-0.15, -0.1) is 11.3 Å². The minimum atomic E-state index is 0.327. The Hall–Kier alpha value is -1.59. The molecule has 0 bridgehead atoms. The predicted octanol–water partition coefficient (Wildman–Crippen LogP) is 2.77. The molecule has 0 saturated carbocycles. The summed E-state index contributed by atoms with van der Waals surface area (Å²) < 4.78 is 10.7. The van der Waals surface area contributed by atoms with Crippen LogP contribution >= 0.6 is 11.3 Å². The van der Waals surface area contributed by atoms with Gasteiger partial charge < -0.3 is 14.8 Å². The normalized spacial score (nSPS) is 14.6. The number of hydrogen-bond acceptors (Lipinski definition) is 5. The highest BCUT2D eigenvalue weighted by molar-refractivity contribution is 7.09. The van der Waals surface area contributed by atoms with Crippen molar-refractivity contribution in [3.8, 4) is 11.5 Å². The van der Waals surface area contributed by atoms with Crippen molar-refractivity contribution in [1.82, 2.24) is 10.3 Å². The molecule has 2 aromatic rings. The van der Waals surface area contributed by atoms with Crippen molar-refractivity contribution in [3.63, 3.8) is 0 Å². The first kappa shape index (κ1) is 12.4. The molecular formula is C14H16N2O2S. The molecule has 0 aliphatic carbocycles. The molecular weight excluding hydrogens is 260 g/mol. The van der Waals surface area contributed by atoms with Gasteiger partial charge >= 0.3 is 0 Å². The smallest absolute Gasteiger partial charge is 0.231 e. The van der Waals surface area contributed by atoms with Crippen LogP contribution in [-0.2, 0) is 6.54 Å². The van der Waals surface area contributed by atoms with E-state index >= 15 is 0 Å². The standard InChI is InChI=1S/C14H16N2O2S/c1-10(14-16-4-5-19-14)7-15-8-11-2-3-12-13(6-11)18-9-17-12/h2-6,10,15H,7-9H2,1H3. The van der Waals surface area contributed by atoms with E-state index in [1.54, 1.807) is 11.3 Å². The summed E-state index contributed by atoms with van der Waals surface area (Å²) in [6.45, 7) is 4.26. The van der Waals surface area contributed by atoms with Crippen molar-refractivity contribution in [2.24, 2.45) is 0 Å². The van der Waals surface area contributed by atoms with Crippen LogP contribution in [0, 0.1) is 0 Å². The summed E-state index contributed by atoms with van der Waals surface area (Å²) in [5.41, 5.74) is 1.20. The summed E-state index contributed by atoms with van der Waals surface area (Å²) >= 11 is 1.71. The van der Waals surface area contributed by atoms with E-state index < -0.39 is 0 Å². The van der Waals surface area contributed by atoms with Crippen LogP contribution in [0.1, 0.15) is 23.4 Å². The number of fused-ring (bicyclic) bond motifs is 1. The van der Waals surface area contributed by atoms with Crippen LogP contribution in [0.15, 0.2) is 29.8 Å². The molecule has 0 amide bonds. The fraction of sp³-hybridized carbons (Fsp3) is 0.357. The third-order valence-corrected chi connectivity index (χ3v) is 4.10. The Labute approximate surface area is 116 Å². The van der Waals surface area contributed by atoms with Gasteiger partial charge in [0, 0.05) is 30.6 Å². The van der Waals surface area contributed by atoms with E-state index in [2.05, 4.69) is 23.3 Å². The second-order valence-electron chi connectivity index (χ2n) is 4.59. The van der Waals surface area contributed by atoms with Crippen molar-refractivity contribution >= 4 is 11.3 Å². The zero-order chi connectivity index (χ0) is 13.1. The van der Waals surface area contributed by atoms with E-state index in [-0.39, 0.29) is 0 Å². The molecule has 19 heavy (non-hydrogen) atoms. The molecule has 2 heterocycles. The van der Waals surface area contributed by atoms with E-state index in [9.17, 15) is 0 Å². The molecule has 3 rings (SSSR count). The van der Waals surface area contributed by atoms with Crippen LogP contribution < -0.4 is 14.8 Å². The zero-order valence-corrected chi connectivity index (χ0v) is 11.6. The molecule has 1 aliphatic heterocycles. The van der Waals surface area contributed by atoms with Gasteiger partial charge in [-0.05, 0) is 17.7 Å². The van der Waals surface area contributed by atoms with Crippen molar-refractivity contribution in [3.05, 3.63) is 40.3 Å². The minimum absolute atomic E-state index is 0.327. The molecule has 1 aliphatic rings. The van der Waals surface area contributed by atoms with Gasteiger partial charge in [0.1, 0.15) is 0 Å². The Morgan fingerprint density at radius 1 is 1.37 bits per heavy atom. The topological polar surface area (TPSA) is 43.4 Å². The lowest BCUT2D eigenvalue weighted by molar-refractivity contribution is 0.174. The fourth-order valence-corrected chi connectivity index (χ4v) is 2.75. The first-order valence-corrected chi connectivity index (χ1v) is 7.19. The maximum absolute atomic E-state index is 5.37. The maximum Gasteiger partial charge on any atom is 0.231 e. The average Bonchev–Trinajstić information content (AvgIpc) is 3.09. The zero-order valence-electron chi connectivity index (χ0n) is 10.8. The number of thiazole rings is 1. The average molecular weight is 276 g/mol. The first-order valence-electron chi connectivity index (χ1n) is 6.31. The summed E-state index contributed by atoms with van der Waals surface area (Å²) in [5, 5.41) is 6.65. The number of nitrogens with zero attached hydrogens (tertiary/aromatic N) is 1. The van der Waals surface area contributed by atoms with Crippen LogP contribution in [0.25, 0.3) is 0 Å². The van der Waals surface area contributed by atoms with Gasteiger partial charge in [-0.2, -0.15) is 0 Å². The molecule has 1 unspecified atom stereocenters. The van der Waals surface area contributed by atoms with Gasteiger partial charge in [-0.25, -0.2) is 4.98 Å². The van der Waals surface area contributed by atoms with Gasteiger partial charge in [-0.3, -0.25) is 0 Å². The molecule has 100 valence electrons. The second-order valence-corrected chi connectivity index (χ2v) is 5.52. The molecule has 1 aromatic heterocycles. The Bertz CT molecular complexity index is 542. The van der Waals surface area contributed by atoms with E-state index in [1.807, 2.05) is 23.7 Å². The number of rotatable bonds is 5. The highest BCUT2D eigenvalue weighted by atomic mass is 32.1. The van der Waals surface area contributed by atoms with Gasteiger partial charge in [0.2, 0.25) is 6.79 Å². The molecule has 0 spiro atoms. The number of nitrogens with one attached hydrogen (secondary N) is 1. The summed E-state index contributed by atoms with van der Waals surface area (Å²) in [6, 6.07) is 6.06. The Kier molecular flexibility index (Phi) is 3.66. The monoisotopic (exact) mass is 276 g/mol. The van der Waals surface area contributed by atoms with Gasteiger partial charge in [0.25, 0.3) is 0 Å². The summed E-state index contributed by atoms with van der Waals surface area (Å²) in [6.07, 6.45) is 1.86. The lowest BCUT2D eigenvalue weighted by Gasteiger charge is -2.10. The highest BCUT2D eigenvalue weighted by Gasteiger charge is 2.13. The fourth-order valence-electron chi connectivity index (χ4n) is 2.05. The van der Waals surface area contributed by atoms with Gasteiger partial charge in [0.05, 0.1) is 5.01 Å². The van der Waals surface area contributed by atoms with Crippen LogP contribution in [-0.4, -0.2) is 18.3 Å². The van der Waals surface area contributed by atoms with Crippen LogP contribution in [0.3, 0.4) is 0 Å². The summed E-state index contributed by atoms with van der Waals surface area (Å²) in [7, 11) is 0. The minimum Gasteiger partial charge on any atom is -0.454 e. The van der Waals surface area contributed by atoms with E-state index in [0.29, 0.717) is 12.7 Å². The van der Waals surface area contributed by atoms with Crippen LogP contribution in [0.2, 0.25) is 0 Å². The van der Waals surface area contributed by atoms with Gasteiger partial charge in [0.15, 0.2) is 11.5 Å². The van der Waals surface area contributed by atoms with Crippen molar-refractivity contribution in [2.45, 2.75) is 19.4 Å². The first-order chi connectivity index (χ1) is 9.33. The molecule has 4 nitrogen and oxygen atoms in total. The predicted molar refractivity (Wildman–Crippen MR) is 74.8 cm³/mol. The molecule has 0 radical (unpaired) electrons. The van der Waals surface area contributed by atoms with Crippen molar-refractivity contribution < 1.29 is 9.47 Å². The van der Waals surface area contributed by atoms with Crippen LogP contribution in [0.5, 0.6) is 11.5 Å². The van der Waals surface area contributed by atoms with Gasteiger partial charge in [-0.1, -0.05) is 13.0 Å². The Morgan fingerprint density at radius 3 is 3.11 bits per heavy atom. The molecule has 1 atom stereocenters. The number of benzene rings is 1. The molecule has 1 aromatic carbocycles. The maximum atomic E-state index is 5.37. The Balaban J connectivity index is 1.52. The number of ether oxygens (including phenoxy) is 2. The Morgan fingerprint density at radius 2 is 2.26 bits per heavy atom. The quantitative estimate of drug-likeness (QED) is 0.912. The molecule has 5 heteroatoms. The van der Waals surface area contributed by atoms with E-state index in [4.69, 9.17) is 9.47 Å². The SMILES string of the molecule is CC(CNCc1ccc2c(c1)OCO2)c1nccs1. The van der Waals surface area contributed by atoms with Crippen molar-refractivity contribution in [1.29, 1.82) is 0 Å². The molecule has 0 fully saturated rings. The number of aromatic nitrogens is 1. The molecule has 0 saturated heterocycles. The lowest BCUT2D eigenvalue weighted by atomic mass is 10.1. The van der Waals surface area contributed by atoms with Crippen molar-refractivity contribution in [2.75, 3.05) is 13.3 Å². The highest BCUT2D eigenvalue weighted by Crippen LogP contribution is 2.32. The van der Waals surface area contributed by atoms with Crippen LogP contribution in [0.4, 0.5) is 0 Å². The van der Waals surface area contributed by atoms with E-state index in [1.165, 1.54) is 10.6 Å².